The molecule has 0 aliphatic carbocycles. The van der Waals surface area contributed by atoms with Gasteiger partial charge < -0.3 is 25.8 Å². The summed E-state index contributed by atoms with van der Waals surface area (Å²) in [7, 11) is 3.06. The Labute approximate surface area is 206 Å². The van der Waals surface area contributed by atoms with Crippen LogP contribution in [-0.2, 0) is 4.79 Å². The molecule has 0 aliphatic heterocycles. The van der Waals surface area contributed by atoms with Gasteiger partial charge in [0.2, 0.25) is 5.91 Å². The van der Waals surface area contributed by atoms with Crippen LogP contribution in [0.2, 0.25) is 0 Å². The van der Waals surface area contributed by atoms with Gasteiger partial charge in [-0.1, -0.05) is 36.4 Å². The van der Waals surface area contributed by atoms with Gasteiger partial charge in [0.1, 0.15) is 18.0 Å². The van der Waals surface area contributed by atoms with Gasteiger partial charge >= 0.3 is 0 Å². The summed E-state index contributed by atoms with van der Waals surface area (Å²) in [6, 6.07) is 16.9. The molecule has 4 aromatic rings. The fourth-order valence-electron chi connectivity index (χ4n) is 3.76. The first kappa shape index (κ1) is 23.8. The summed E-state index contributed by atoms with van der Waals surface area (Å²) < 4.78 is 26.0. The Hall–Kier alpha value is -4.31. The number of nitrogens with one attached hydrogen (secondary N) is 2. The van der Waals surface area contributed by atoms with Crippen LogP contribution >= 0.6 is 12.2 Å². The number of benzene rings is 3. The number of anilines is 2. The molecular weight excluding hydrogens is 469 g/mol. The lowest BCUT2D eigenvalue weighted by atomic mass is 9.90. The highest BCUT2D eigenvalue weighted by atomic mass is 32.1. The molecule has 35 heavy (non-hydrogen) atoms. The summed E-state index contributed by atoms with van der Waals surface area (Å²) >= 11 is 4.82. The van der Waals surface area contributed by atoms with Gasteiger partial charge in [0.25, 0.3) is 0 Å². The molecule has 0 spiro atoms. The molecule has 3 aromatic carbocycles. The fourth-order valence-corrected chi connectivity index (χ4v) is 3.86. The van der Waals surface area contributed by atoms with Crippen LogP contribution in [0.4, 0.5) is 15.9 Å². The summed E-state index contributed by atoms with van der Waals surface area (Å²) in [4.78, 5) is 21.4. The Bertz CT molecular complexity index is 1400. The monoisotopic (exact) mass is 491 g/mol. The predicted molar refractivity (Wildman–Crippen MR) is 136 cm³/mol. The molecule has 0 saturated heterocycles. The van der Waals surface area contributed by atoms with Crippen molar-refractivity contribution in [3.05, 3.63) is 83.9 Å². The third-order valence-electron chi connectivity index (χ3n) is 5.36. The van der Waals surface area contributed by atoms with Crippen LogP contribution < -0.4 is 25.8 Å². The van der Waals surface area contributed by atoms with Crippen molar-refractivity contribution >= 4 is 45.6 Å². The minimum atomic E-state index is -0.808. The zero-order chi connectivity index (χ0) is 24.9. The fraction of sp³-hybridized carbons (Fsp3) is 0.120. The summed E-state index contributed by atoms with van der Waals surface area (Å²) in [5.41, 5.74) is 7.37. The molecule has 1 atom stereocenters. The standard InChI is InChI=1S/C25H22FN5O3S/c1-33-20-11-16-19(12-21(20)34-2)28-13-29-23(16)30-18-9-8-15(10-17(18)26)22(24(32)31-25(27)35)14-6-4-3-5-7-14/h3-13,22H,1-2H3,(H,28,29,30)(H3,27,31,32,35). The first-order valence-electron chi connectivity index (χ1n) is 10.5. The van der Waals surface area contributed by atoms with Crippen molar-refractivity contribution in [3.8, 4) is 11.5 Å². The minimum Gasteiger partial charge on any atom is -0.493 e. The molecule has 4 rings (SSSR count). The Morgan fingerprint density at radius 3 is 2.37 bits per heavy atom. The minimum absolute atomic E-state index is 0.155. The van der Waals surface area contributed by atoms with E-state index in [2.05, 4.69) is 20.6 Å². The van der Waals surface area contributed by atoms with Crippen LogP contribution in [0, 0.1) is 5.82 Å². The van der Waals surface area contributed by atoms with Gasteiger partial charge in [0, 0.05) is 11.5 Å². The van der Waals surface area contributed by atoms with Crippen LogP contribution in [0.3, 0.4) is 0 Å². The summed E-state index contributed by atoms with van der Waals surface area (Å²) in [6.07, 6.45) is 1.37. The topological polar surface area (TPSA) is 111 Å². The number of methoxy groups -OCH3 is 2. The Kier molecular flexibility index (Phi) is 7.02. The number of thiocarbonyl (C=S) groups is 1. The normalized spacial score (nSPS) is 11.5. The number of carbonyl (C=O) groups excluding carboxylic acids is 1. The number of halogens is 1. The van der Waals surface area contributed by atoms with Gasteiger partial charge in [-0.25, -0.2) is 14.4 Å². The highest BCUT2D eigenvalue weighted by Crippen LogP contribution is 2.35. The number of hydrogen-bond acceptors (Lipinski definition) is 7. The first-order chi connectivity index (χ1) is 16.9. The van der Waals surface area contributed by atoms with Crippen molar-refractivity contribution in [1.29, 1.82) is 0 Å². The number of nitrogens with zero attached hydrogens (tertiary/aromatic N) is 2. The van der Waals surface area contributed by atoms with Gasteiger partial charge in [0.05, 0.1) is 31.3 Å². The van der Waals surface area contributed by atoms with Gasteiger partial charge in [-0.2, -0.15) is 0 Å². The van der Waals surface area contributed by atoms with E-state index >= 15 is 4.39 Å². The van der Waals surface area contributed by atoms with Crippen LogP contribution in [0.25, 0.3) is 10.9 Å². The van der Waals surface area contributed by atoms with Crippen LogP contribution in [-0.4, -0.2) is 35.2 Å². The number of aromatic nitrogens is 2. The quantitative estimate of drug-likeness (QED) is 0.333. The van der Waals surface area contributed by atoms with E-state index < -0.39 is 17.6 Å². The second kappa shape index (κ2) is 10.3. The second-order valence-corrected chi connectivity index (χ2v) is 7.95. The largest absolute Gasteiger partial charge is 0.493 e. The molecule has 1 aromatic heterocycles. The number of hydrogen-bond donors (Lipinski definition) is 3. The Balaban J connectivity index is 1.70. The van der Waals surface area contributed by atoms with Crippen molar-refractivity contribution in [1.82, 2.24) is 15.3 Å². The van der Waals surface area contributed by atoms with Crippen LogP contribution in [0.1, 0.15) is 17.0 Å². The molecule has 10 heteroatoms. The lowest BCUT2D eigenvalue weighted by Gasteiger charge is -2.18. The van der Waals surface area contributed by atoms with Crippen molar-refractivity contribution in [2.75, 3.05) is 19.5 Å². The summed E-state index contributed by atoms with van der Waals surface area (Å²) in [5, 5.41) is 5.92. The average molecular weight is 492 g/mol. The molecule has 0 radical (unpaired) electrons. The molecule has 4 N–H and O–H groups in total. The van der Waals surface area contributed by atoms with E-state index in [-0.39, 0.29) is 10.8 Å². The average Bonchev–Trinajstić information content (AvgIpc) is 2.85. The molecule has 0 aliphatic rings. The summed E-state index contributed by atoms with van der Waals surface area (Å²) in [6.45, 7) is 0. The highest BCUT2D eigenvalue weighted by molar-refractivity contribution is 7.80. The maximum atomic E-state index is 15.3. The number of nitrogens with two attached hydrogens (primary N) is 1. The third-order valence-corrected chi connectivity index (χ3v) is 5.46. The highest BCUT2D eigenvalue weighted by Gasteiger charge is 2.24. The van der Waals surface area contributed by atoms with E-state index in [1.165, 1.54) is 26.6 Å². The molecule has 1 heterocycles. The van der Waals surface area contributed by atoms with E-state index in [4.69, 9.17) is 27.4 Å². The lowest BCUT2D eigenvalue weighted by molar-refractivity contribution is -0.120. The van der Waals surface area contributed by atoms with Crippen molar-refractivity contribution in [2.24, 2.45) is 5.73 Å². The molecule has 0 fully saturated rings. The van der Waals surface area contributed by atoms with Gasteiger partial charge in [-0.05, 0) is 41.5 Å². The Morgan fingerprint density at radius 1 is 1.00 bits per heavy atom. The molecule has 0 saturated carbocycles. The molecule has 1 amide bonds. The number of fused-ring (bicyclic) bond motifs is 1. The molecule has 0 bridgehead atoms. The third kappa shape index (κ3) is 5.12. The SMILES string of the molecule is COc1cc2ncnc(Nc3ccc(C(C(=O)NC(N)=S)c4ccccc4)cc3F)c2cc1OC. The van der Waals surface area contributed by atoms with Crippen LogP contribution in [0.5, 0.6) is 11.5 Å². The van der Waals surface area contributed by atoms with Crippen molar-refractivity contribution in [3.63, 3.8) is 0 Å². The Morgan fingerprint density at radius 2 is 1.71 bits per heavy atom. The molecule has 178 valence electrons. The summed E-state index contributed by atoms with van der Waals surface area (Å²) in [5.74, 6) is -0.442. The number of amides is 1. The maximum absolute atomic E-state index is 15.3. The van der Waals surface area contributed by atoms with Crippen molar-refractivity contribution < 1.29 is 18.7 Å². The molecule has 8 nitrogen and oxygen atoms in total. The molecular formula is C25H22FN5O3S. The zero-order valence-corrected chi connectivity index (χ0v) is 19.7. The number of rotatable bonds is 7. The zero-order valence-electron chi connectivity index (χ0n) is 18.9. The molecule has 1 unspecified atom stereocenters. The van der Waals surface area contributed by atoms with Gasteiger partial charge in [-0.15, -0.1) is 0 Å². The number of carbonyl (C=O) groups is 1. The van der Waals surface area contributed by atoms with E-state index in [0.717, 1.165) is 0 Å². The van der Waals surface area contributed by atoms with E-state index in [9.17, 15) is 4.79 Å². The van der Waals surface area contributed by atoms with Crippen molar-refractivity contribution in [2.45, 2.75) is 5.92 Å². The lowest BCUT2D eigenvalue weighted by Crippen LogP contribution is -2.38. The van der Waals surface area contributed by atoms with E-state index in [1.54, 1.807) is 48.5 Å². The number of ether oxygens (including phenoxy) is 2. The van der Waals surface area contributed by atoms with E-state index in [1.807, 2.05) is 6.07 Å². The van der Waals surface area contributed by atoms with Crippen LogP contribution in [0.15, 0.2) is 67.0 Å². The maximum Gasteiger partial charge on any atom is 0.238 e. The second-order valence-electron chi connectivity index (χ2n) is 7.51. The van der Waals surface area contributed by atoms with Gasteiger partial charge in [-0.3, -0.25) is 4.79 Å². The van der Waals surface area contributed by atoms with E-state index in [0.29, 0.717) is 39.3 Å². The predicted octanol–water partition coefficient (Wildman–Crippen LogP) is 4.02. The smallest absolute Gasteiger partial charge is 0.238 e. The van der Waals surface area contributed by atoms with Gasteiger partial charge in [0.15, 0.2) is 16.6 Å². The first-order valence-corrected chi connectivity index (χ1v) is 10.9.